The van der Waals surface area contributed by atoms with Crippen molar-refractivity contribution in [1.29, 1.82) is 0 Å². The maximum Gasteiger partial charge on any atom is 0.0684 e. The molecule has 2 rings (SSSR count). The van der Waals surface area contributed by atoms with E-state index in [4.69, 9.17) is 4.74 Å². The summed E-state index contributed by atoms with van der Waals surface area (Å²) in [6.45, 7) is 5.89. The largest absolute Gasteiger partial charge is 0.392 e. The molecule has 1 heterocycles. The van der Waals surface area contributed by atoms with Crippen LogP contribution in [-0.4, -0.2) is 44.1 Å². The van der Waals surface area contributed by atoms with Crippen molar-refractivity contribution < 1.29 is 9.84 Å². The Labute approximate surface area is 102 Å². The number of aliphatic hydroxyl groups excluding tert-OH is 1. The fraction of sp³-hybridized carbons (Fsp3) is 0.538. The van der Waals surface area contributed by atoms with Gasteiger partial charge in [-0.1, -0.05) is 0 Å². The molecule has 1 saturated heterocycles. The van der Waals surface area contributed by atoms with Gasteiger partial charge in [-0.2, -0.15) is 0 Å². The van der Waals surface area contributed by atoms with E-state index in [1.807, 2.05) is 12.1 Å². The summed E-state index contributed by atoms with van der Waals surface area (Å²) in [5.41, 5.74) is 2.28. The van der Waals surface area contributed by atoms with Crippen LogP contribution in [0.1, 0.15) is 6.92 Å². The number of hydrogen-bond donors (Lipinski definition) is 2. The molecule has 0 unspecified atom stereocenters. The van der Waals surface area contributed by atoms with Gasteiger partial charge in [0, 0.05) is 31.0 Å². The van der Waals surface area contributed by atoms with Gasteiger partial charge in [-0.05, 0) is 31.2 Å². The van der Waals surface area contributed by atoms with Crippen LogP contribution in [0.4, 0.5) is 11.4 Å². The molecule has 2 N–H and O–H groups in total. The van der Waals surface area contributed by atoms with Gasteiger partial charge < -0.3 is 20.1 Å². The Bertz CT molecular complexity index is 332. The highest BCUT2D eigenvalue weighted by atomic mass is 16.5. The highest BCUT2D eigenvalue weighted by Gasteiger charge is 2.10. The first-order valence-electron chi connectivity index (χ1n) is 6.10. The van der Waals surface area contributed by atoms with Crippen molar-refractivity contribution in [2.75, 3.05) is 43.1 Å². The van der Waals surface area contributed by atoms with E-state index in [0.717, 1.165) is 32.0 Å². The van der Waals surface area contributed by atoms with Gasteiger partial charge in [0.15, 0.2) is 0 Å². The monoisotopic (exact) mass is 236 g/mol. The lowest BCUT2D eigenvalue weighted by Gasteiger charge is -2.29. The van der Waals surface area contributed by atoms with Gasteiger partial charge in [-0.3, -0.25) is 0 Å². The Morgan fingerprint density at radius 2 is 1.94 bits per heavy atom. The molecule has 94 valence electrons. The maximum atomic E-state index is 9.19. The van der Waals surface area contributed by atoms with Crippen molar-refractivity contribution in [2.24, 2.45) is 0 Å². The Morgan fingerprint density at radius 3 is 2.53 bits per heavy atom. The molecule has 17 heavy (non-hydrogen) atoms. The van der Waals surface area contributed by atoms with Crippen molar-refractivity contribution in [3.8, 4) is 0 Å². The maximum absolute atomic E-state index is 9.19. The number of hydrogen-bond acceptors (Lipinski definition) is 4. The average molecular weight is 236 g/mol. The average Bonchev–Trinajstić information content (AvgIpc) is 2.38. The number of nitrogens with zero attached hydrogens (tertiary/aromatic N) is 1. The van der Waals surface area contributed by atoms with E-state index >= 15 is 0 Å². The van der Waals surface area contributed by atoms with Crippen LogP contribution < -0.4 is 10.2 Å². The zero-order valence-electron chi connectivity index (χ0n) is 10.2. The Balaban J connectivity index is 1.92. The van der Waals surface area contributed by atoms with Gasteiger partial charge in [-0.15, -0.1) is 0 Å². The molecule has 1 atom stereocenters. The summed E-state index contributed by atoms with van der Waals surface area (Å²) in [7, 11) is 0. The van der Waals surface area contributed by atoms with Crippen molar-refractivity contribution in [2.45, 2.75) is 13.0 Å². The smallest absolute Gasteiger partial charge is 0.0684 e. The number of aliphatic hydroxyl groups is 1. The molecule has 0 amide bonds. The zero-order chi connectivity index (χ0) is 12.1. The summed E-state index contributed by atoms with van der Waals surface area (Å²) < 4.78 is 5.33. The molecule has 4 heteroatoms. The predicted molar refractivity (Wildman–Crippen MR) is 69.6 cm³/mol. The second-order valence-corrected chi connectivity index (χ2v) is 4.38. The van der Waals surface area contributed by atoms with E-state index in [-0.39, 0.29) is 6.10 Å². The predicted octanol–water partition coefficient (Wildman–Crippen LogP) is 1.32. The van der Waals surface area contributed by atoms with Crippen LogP contribution in [0.2, 0.25) is 0 Å². The molecule has 1 fully saturated rings. The quantitative estimate of drug-likeness (QED) is 0.827. The van der Waals surface area contributed by atoms with Crippen LogP contribution in [0, 0.1) is 0 Å². The van der Waals surface area contributed by atoms with Crippen molar-refractivity contribution in [3.63, 3.8) is 0 Å². The molecule has 0 radical (unpaired) electrons. The fourth-order valence-corrected chi connectivity index (χ4v) is 1.88. The van der Waals surface area contributed by atoms with Crippen LogP contribution >= 0.6 is 0 Å². The van der Waals surface area contributed by atoms with E-state index < -0.39 is 0 Å². The van der Waals surface area contributed by atoms with Gasteiger partial charge in [0.05, 0.1) is 19.3 Å². The SMILES string of the molecule is C[C@H](O)CNc1ccc(N2CCOCC2)cc1. The Hall–Kier alpha value is -1.26. The highest BCUT2D eigenvalue weighted by Crippen LogP contribution is 2.18. The standard InChI is InChI=1S/C13H20N2O2/c1-11(16)10-14-12-2-4-13(5-3-12)15-6-8-17-9-7-15/h2-5,11,14,16H,6-10H2,1H3/t11-/m0/s1. The van der Waals surface area contributed by atoms with Gasteiger partial charge >= 0.3 is 0 Å². The molecule has 0 bridgehead atoms. The van der Waals surface area contributed by atoms with Crippen LogP contribution in [0.5, 0.6) is 0 Å². The fourth-order valence-electron chi connectivity index (χ4n) is 1.88. The second-order valence-electron chi connectivity index (χ2n) is 4.38. The molecular weight excluding hydrogens is 216 g/mol. The van der Waals surface area contributed by atoms with Gasteiger partial charge in [-0.25, -0.2) is 0 Å². The third kappa shape index (κ3) is 3.61. The summed E-state index contributed by atoms with van der Waals surface area (Å²) in [4.78, 5) is 2.32. The lowest BCUT2D eigenvalue weighted by molar-refractivity contribution is 0.122. The number of anilines is 2. The Kier molecular flexibility index (Phi) is 4.23. The molecule has 4 nitrogen and oxygen atoms in total. The van der Waals surface area contributed by atoms with Crippen LogP contribution in [0.3, 0.4) is 0 Å². The number of benzene rings is 1. The minimum absolute atomic E-state index is 0.325. The van der Waals surface area contributed by atoms with Crippen molar-refractivity contribution >= 4 is 11.4 Å². The first kappa shape index (κ1) is 12.2. The summed E-state index contributed by atoms with van der Waals surface area (Å²) >= 11 is 0. The first-order valence-corrected chi connectivity index (χ1v) is 6.10. The van der Waals surface area contributed by atoms with Gasteiger partial charge in [0.25, 0.3) is 0 Å². The number of nitrogens with one attached hydrogen (secondary N) is 1. The van der Waals surface area contributed by atoms with E-state index in [9.17, 15) is 5.11 Å². The first-order chi connectivity index (χ1) is 8.25. The van der Waals surface area contributed by atoms with Crippen LogP contribution in [-0.2, 0) is 4.74 Å². The van der Waals surface area contributed by atoms with E-state index in [2.05, 4.69) is 22.3 Å². The molecule has 0 saturated carbocycles. The third-order valence-electron chi connectivity index (χ3n) is 2.85. The Morgan fingerprint density at radius 1 is 1.29 bits per heavy atom. The molecule has 1 aliphatic rings. The van der Waals surface area contributed by atoms with Crippen molar-refractivity contribution in [3.05, 3.63) is 24.3 Å². The summed E-state index contributed by atoms with van der Waals surface area (Å²) in [6.07, 6.45) is -0.325. The minimum Gasteiger partial charge on any atom is -0.392 e. The molecular formula is C13H20N2O2. The molecule has 0 aromatic heterocycles. The summed E-state index contributed by atoms with van der Waals surface area (Å²) in [6, 6.07) is 8.31. The number of morpholine rings is 1. The molecule has 0 aliphatic carbocycles. The van der Waals surface area contributed by atoms with Crippen LogP contribution in [0.15, 0.2) is 24.3 Å². The summed E-state index contributed by atoms with van der Waals surface area (Å²) in [5.74, 6) is 0. The number of ether oxygens (including phenoxy) is 1. The number of rotatable bonds is 4. The second kappa shape index (κ2) is 5.89. The van der Waals surface area contributed by atoms with Crippen LogP contribution in [0.25, 0.3) is 0 Å². The minimum atomic E-state index is -0.325. The normalized spacial score (nSPS) is 17.9. The molecule has 1 aromatic carbocycles. The third-order valence-corrected chi connectivity index (χ3v) is 2.85. The topological polar surface area (TPSA) is 44.7 Å². The van der Waals surface area contributed by atoms with E-state index in [1.54, 1.807) is 6.92 Å². The highest BCUT2D eigenvalue weighted by molar-refractivity contribution is 5.55. The summed E-state index contributed by atoms with van der Waals surface area (Å²) in [5, 5.41) is 12.4. The lowest BCUT2D eigenvalue weighted by Crippen LogP contribution is -2.36. The van der Waals surface area contributed by atoms with Gasteiger partial charge in [0.2, 0.25) is 0 Å². The molecule has 0 spiro atoms. The lowest BCUT2D eigenvalue weighted by atomic mass is 10.2. The van der Waals surface area contributed by atoms with Gasteiger partial charge in [0.1, 0.15) is 0 Å². The zero-order valence-corrected chi connectivity index (χ0v) is 10.2. The van der Waals surface area contributed by atoms with E-state index in [1.165, 1.54) is 5.69 Å². The molecule has 1 aliphatic heterocycles. The van der Waals surface area contributed by atoms with Crippen molar-refractivity contribution in [1.82, 2.24) is 0 Å². The molecule has 1 aromatic rings. The van der Waals surface area contributed by atoms with E-state index in [0.29, 0.717) is 6.54 Å².